The summed E-state index contributed by atoms with van der Waals surface area (Å²) < 4.78 is 24.6. The molecule has 7 heteroatoms. The van der Waals surface area contributed by atoms with Gasteiger partial charge in [-0.3, -0.25) is 9.48 Å². The van der Waals surface area contributed by atoms with Gasteiger partial charge in [-0.15, -0.1) is 0 Å². The number of amides is 1. The third kappa shape index (κ3) is 4.33. The van der Waals surface area contributed by atoms with Gasteiger partial charge in [0.15, 0.2) is 9.84 Å². The van der Waals surface area contributed by atoms with Gasteiger partial charge in [-0.25, -0.2) is 8.42 Å². The Balaban J connectivity index is 1.67. The lowest BCUT2D eigenvalue weighted by Crippen LogP contribution is -2.11. The van der Waals surface area contributed by atoms with Crippen molar-refractivity contribution in [2.24, 2.45) is 0 Å². The molecule has 1 amide bonds. The van der Waals surface area contributed by atoms with Crippen LogP contribution in [0.2, 0.25) is 0 Å². The van der Waals surface area contributed by atoms with E-state index in [2.05, 4.69) is 10.4 Å². The van der Waals surface area contributed by atoms with E-state index in [1.807, 2.05) is 30.3 Å². The molecule has 0 spiro atoms. The van der Waals surface area contributed by atoms with Crippen LogP contribution in [0.5, 0.6) is 0 Å². The summed E-state index contributed by atoms with van der Waals surface area (Å²) in [6.45, 7) is 0.581. The standard InChI is InChI=1S/C18H17N3O3S/c1-25(23,24)17-9-7-16(8-10-17)20-18(22)15-11-19-21(13-15)12-14-5-3-2-4-6-14/h2-11,13H,12H2,1H3,(H,20,22). The number of aromatic nitrogens is 2. The maximum atomic E-state index is 12.3. The fraction of sp³-hybridized carbons (Fsp3) is 0.111. The predicted octanol–water partition coefficient (Wildman–Crippen LogP) is 2.59. The lowest BCUT2D eigenvalue weighted by molar-refractivity contribution is 0.102. The van der Waals surface area contributed by atoms with Crippen LogP contribution in [0.25, 0.3) is 0 Å². The van der Waals surface area contributed by atoms with E-state index in [-0.39, 0.29) is 10.8 Å². The van der Waals surface area contributed by atoms with Gasteiger partial charge in [0.05, 0.1) is 23.2 Å². The lowest BCUT2D eigenvalue weighted by atomic mass is 10.2. The van der Waals surface area contributed by atoms with E-state index in [9.17, 15) is 13.2 Å². The number of rotatable bonds is 5. The van der Waals surface area contributed by atoms with E-state index < -0.39 is 9.84 Å². The summed E-state index contributed by atoms with van der Waals surface area (Å²) >= 11 is 0. The largest absolute Gasteiger partial charge is 0.322 e. The molecule has 3 rings (SSSR count). The molecule has 2 aromatic carbocycles. The Morgan fingerprint density at radius 2 is 1.76 bits per heavy atom. The van der Waals surface area contributed by atoms with Gasteiger partial charge in [0, 0.05) is 18.1 Å². The molecule has 0 fully saturated rings. The number of hydrogen-bond acceptors (Lipinski definition) is 4. The quantitative estimate of drug-likeness (QED) is 0.763. The van der Waals surface area contributed by atoms with E-state index in [0.717, 1.165) is 11.8 Å². The second kappa shape index (κ2) is 6.90. The molecular formula is C18H17N3O3S. The second-order valence-corrected chi connectivity index (χ2v) is 7.68. The second-order valence-electron chi connectivity index (χ2n) is 5.66. The summed E-state index contributed by atoms with van der Waals surface area (Å²) in [6.07, 6.45) is 4.32. The van der Waals surface area contributed by atoms with Gasteiger partial charge in [0.1, 0.15) is 0 Å². The highest BCUT2D eigenvalue weighted by Gasteiger charge is 2.11. The van der Waals surface area contributed by atoms with Gasteiger partial charge in [0.2, 0.25) is 0 Å². The smallest absolute Gasteiger partial charge is 0.258 e. The van der Waals surface area contributed by atoms with Crippen molar-refractivity contribution in [2.45, 2.75) is 11.4 Å². The van der Waals surface area contributed by atoms with Crippen molar-refractivity contribution >= 4 is 21.4 Å². The zero-order valence-corrected chi connectivity index (χ0v) is 14.4. The number of anilines is 1. The summed E-state index contributed by atoms with van der Waals surface area (Å²) in [5.41, 5.74) is 2.05. The molecule has 0 bridgehead atoms. The van der Waals surface area contributed by atoms with Crippen LogP contribution in [0.1, 0.15) is 15.9 Å². The van der Waals surface area contributed by atoms with Gasteiger partial charge in [0.25, 0.3) is 5.91 Å². The molecule has 0 aliphatic heterocycles. The normalized spacial score (nSPS) is 11.2. The lowest BCUT2D eigenvalue weighted by Gasteiger charge is -2.05. The maximum absolute atomic E-state index is 12.3. The Morgan fingerprint density at radius 3 is 2.40 bits per heavy atom. The van der Waals surface area contributed by atoms with Crippen molar-refractivity contribution in [1.29, 1.82) is 0 Å². The van der Waals surface area contributed by atoms with Crippen LogP contribution in [0, 0.1) is 0 Å². The van der Waals surface area contributed by atoms with E-state index in [1.54, 1.807) is 23.0 Å². The SMILES string of the molecule is CS(=O)(=O)c1ccc(NC(=O)c2cnn(Cc3ccccc3)c2)cc1. The van der Waals surface area contributed by atoms with Gasteiger partial charge in [-0.1, -0.05) is 30.3 Å². The third-order valence-corrected chi connectivity index (χ3v) is 4.75. The highest BCUT2D eigenvalue weighted by atomic mass is 32.2. The summed E-state index contributed by atoms with van der Waals surface area (Å²) in [5, 5.41) is 6.92. The molecule has 25 heavy (non-hydrogen) atoms. The highest BCUT2D eigenvalue weighted by molar-refractivity contribution is 7.90. The maximum Gasteiger partial charge on any atom is 0.258 e. The minimum absolute atomic E-state index is 0.209. The number of carbonyl (C=O) groups excluding carboxylic acids is 1. The zero-order valence-electron chi connectivity index (χ0n) is 13.6. The number of nitrogens with zero attached hydrogens (tertiary/aromatic N) is 2. The Labute approximate surface area is 146 Å². The van der Waals surface area contributed by atoms with Crippen LogP contribution in [-0.4, -0.2) is 30.4 Å². The number of nitrogens with one attached hydrogen (secondary N) is 1. The fourth-order valence-corrected chi connectivity index (χ4v) is 2.96. The van der Waals surface area contributed by atoms with Crippen molar-refractivity contribution in [2.75, 3.05) is 11.6 Å². The van der Waals surface area contributed by atoms with Crippen molar-refractivity contribution in [3.05, 3.63) is 78.1 Å². The predicted molar refractivity (Wildman–Crippen MR) is 95.3 cm³/mol. The Kier molecular flexibility index (Phi) is 4.67. The minimum Gasteiger partial charge on any atom is -0.322 e. The van der Waals surface area contributed by atoms with Crippen molar-refractivity contribution in [3.63, 3.8) is 0 Å². The average Bonchev–Trinajstić information content (AvgIpc) is 3.04. The summed E-state index contributed by atoms with van der Waals surface area (Å²) in [7, 11) is -3.25. The fourth-order valence-electron chi connectivity index (χ4n) is 2.33. The van der Waals surface area contributed by atoms with Gasteiger partial charge >= 0.3 is 0 Å². The molecule has 0 aliphatic carbocycles. The summed E-state index contributed by atoms with van der Waals surface area (Å²) in [6, 6.07) is 15.9. The molecule has 6 nitrogen and oxygen atoms in total. The molecule has 0 atom stereocenters. The topological polar surface area (TPSA) is 81.1 Å². The van der Waals surface area contributed by atoms with Crippen LogP contribution in [-0.2, 0) is 16.4 Å². The zero-order chi connectivity index (χ0) is 17.9. The van der Waals surface area contributed by atoms with E-state index in [1.165, 1.54) is 18.3 Å². The summed E-state index contributed by atoms with van der Waals surface area (Å²) in [5.74, 6) is -0.300. The number of carbonyl (C=O) groups is 1. The van der Waals surface area contributed by atoms with Crippen LogP contribution in [0.4, 0.5) is 5.69 Å². The van der Waals surface area contributed by atoms with Gasteiger partial charge in [-0.05, 0) is 29.8 Å². The molecule has 128 valence electrons. The molecule has 1 heterocycles. The highest BCUT2D eigenvalue weighted by Crippen LogP contribution is 2.15. The molecule has 0 unspecified atom stereocenters. The first-order chi connectivity index (χ1) is 11.9. The molecule has 1 aromatic heterocycles. The van der Waals surface area contributed by atoms with Crippen LogP contribution in [0.15, 0.2) is 71.9 Å². The number of sulfone groups is 1. The molecular weight excluding hydrogens is 338 g/mol. The van der Waals surface area contributed by atoms with Crippen LogP contribution in [0.3, 0.4) is 0 Å². The molecule has 0 saturated carbocycles. The molecule has 1 N–H and O–H groups in total. The van der Waals surface area contributed by atoms with Crippen molar-refractivity contribution < 1.29 is 13.2 Å². The molecule has 0 saturated heterocycles. The summed E-state index contributed by atoms with van der Waals surface area (Å²) in [4.78, 5) is 12.5. The molecule has 0 radical (unpaired) electrons. The van der Waals surface area contributed by atoms with Crippen molar-refractivity contribution in [3.8, 4) is 0 Å². The van der Waals surface area contributed by atoms with E-state index >= 15 is 0 Å². The first kappa shape index (κ1) is 16.9. The van der Waals surface area contributed by atoms with Crippen LogP contribution < -0.4 is 5.32 Å². The average molecular weight is 355 g/mol. The monoisotopic (exact) mass is 355 g/mol. The van der Waals surface area contributed by atoms with Crippen molar-refractivity contribution in [1.82, 2.24) is 9.78 Å². The Morgan fingerprint density at radius 1 is 1.08 bits per heavy atom. The first-order valence-corrected chi connectivity index (χ1v) is 9.49. The van der Waals surface area contributed by atoms with E-state index in [4.69, 9.17) is 0 Å². The van der Waals surface area contributed by atoms with Gasteiger partial charge < -0.3 is 5.32 Å². The molecule has 0 aliphatic rings. The first-order valence-electron chi connectivity index (χ1n) is 7.60. The molecule has 3 aromatic rings. The number of hydrogen-bond donors (Lipinski definition) is 1. The Bertz CT molecular complexity index is 978. The van der Waals surface area contributed by atoms with E-state index in [0.29, 0.717) is 17.8 Å². The number of benzene rings is 2. The van der Waals surface area contributed by atoms with Crippen LogP contribution >= 0.6 is 0 Å². The Hall–Kier alpha value is -2.93. The van der Waals surface area contributed by atoms with Gasteiger partial charge in [-0.2, -0.15) is 5.10 Å². The minimum atomic E-state index is -3.25. The third-order valence-electron chi connectivity index (χ3n) is 3.62.